The summed E-state index contributed by atoms with van der Waals surface area (Å²) in [6.07, 6.45) is 2.00. The Morgan fingerprint density at radius 1 is 0.955 bits per heavy atom. The number of hydrogen-bond acceptors (Lipinski definition) is 3. The molecule has 3 rings (SSSR count). The van der Waals surface area contributed by atoms with E-state index in [0.29, 0.717) is 6.42 Å². The van der Waals surface area contributed by atoms with Crippen molar-refractivity contribution in [3.8, 4) is 0 Å². The molecule has 0 spiro atoms. The van der Waals surface area contributed by atoms with Crippen LogP contribution < -0.4 is 0 Å². The molecule has 1 fully saturated rings. The van der Waals surface area contributed by atoms with Gasteiger partial charge in [0.25, 0.3) is 0 Å². The molecule has 0 saturated carbocycles. The van der Waals surface area contributed by atoms with Gasteiger partial charge in [0.2, 0.25) is 0 Å². The Bertz CT molecular complexity index is 618. The minimum absolute atomic E-state index is 0.222. The Kier molecular flexibility index (Phi) is 4.58. The lowest BCUT2D eigenvalue weighted by Crippen LogP contribution is -2.19. The second-order valence-electron chi connectivity index (χ2n) is 5.33. The lowest BCUT2D eigenvalue weighted by molar-refractivity contribution is 0.0307. The molecule has 3 atom stereocenters. The van der Waals surface area contributed by atoms with Crippen molar-refractivity contribution >= 4 is 7.60 Å². The summed E-state index contributed by atoms with van der Waals surface area (Å²) in [5.74, 6) is 0. The highest BCUT2D eigenvalue weighted by molar-refractivity contribution is 7.54. The van der Waals surface area contributed by atoms with E-state index < -0.39 is 7.60 Å². The molecule has 3 nitrogen and oxygen atoms in total. The van der Waals surface area contributed by atoms with Gasteiger partial charge in [-0.15, -0.1) is 6.58 Å². The van der Waals surface area contributed by atoms with E-state index in [1.807, 2.05) is 60.7 Å². The van der Waals surface area contributed by atoms with Crippen LogP contribution in [0.25, 0.3) is 0 Å². The quantitative estimate of drug-likeness (QED) is 0.568. The maximum atomic E-state index is 12.9. The van der Waals surface area contributed by atoms with Gasteiger partial charge in [0.1, 0.15) is 0 Å². The molecule has 2 aromatic carbocycles. The van der Waals surface area contributed by atoms with Crippen molar-refractivity contribution < 1.29 is 13.6 Å². The molecule has 0 radical (unpaired) electrons. The van der Waals surface area contributed by atoms with E-state index in [1.165, 1.54) is 0 Å². The van der Waals surface area contributed by atoms with E-state index in [4.69, 9.17) is 9.05 Å². The lowest BCUT2D eigenvalue weighted by atomic mass is 9.99. The summed E-state index contributed by atoms with van der Waals surface area (Å²) in [6.45, 7) is 3.66. The Labute approximate surface area is 131 Å². The van der Waals surface area contributed by atoms with Gasteiger partial charge in [0.05, 0.1) is 18.4 Å². The molecule has 0 amide bonds. The third-order valence-corrected chi connectivity index (χ3v) is 5.56. The molecule has 1 unspecified atom stereocenters. The van der Waals surface area contributed by atoms with E-state index >= 15 is 0 Å². The number of benzene rings is 2. The normalized spacial score (nSPS) is 28.2. The molecule has 1 heterocycles. The van der Waals surface area contributed by atoms with Crippen molar-refractivity contribution in [2.45, 2.75) is 18.6 Å². The first-order chi connectivity index (χ1) is 10.7. The molecule has 0 aromatic heterocycles. The molecule has 0 bridgehead atoms. The van der Waals surface area contributed by atoms with Crippen molar-refractivity contribution in [3.63, 3.8) is 0 Å². The van der Waals surface area contributed by atoms with Gasteiger partial charge in [-0.05, 0) is 11.1 Å². The highest BCUT2D eigenvalue weighted by Crippen LogP contribution is 2.61. The predicted octanol–water partition coefficient (Wildman–Crippen LogP) is 5.29. The van der Waals surface area contributed by atoms with Gasteiger partial charge in [-0.3, -0.25) is 4.57 Å². The smallest absolute Gasteiger partial charge is 0.300 e. The van der Waals surface area contributed by atoms with Crippen LogP contribution in [0.1, 0.15) is 29.8 Å². The maximum absolute atomic E-state index is 12.9. The molecular formula is C18H19O3P. The SMILES string of the molecule is C=CCP1(=O)O[C@H](c2ccccc2)C[C@H](c2ccccc2)O1. The fourth-order valence-electron chi connectivity index (χ4n) is 2.67. The van der Waals surface area contributed by atoms with Crippen LogP contribution in [0.4, 0.5) is 0 Å². The van der Waals surface area contributed by atoms with E-state index in [-0.39, 0.29) is 18.4 Å². The summed E-state index contributed by atoms with van der Waals surface area (Å²) >= 11 is 0. The molecule has 1 aliphatic heterocycles. The molecule has 1 aliphatic rings. The van der Waals surface area contributed by atoms with Crippen molar-refractivity contribution in [1.82, 2.24) is 0 Å². The van der Waals surface area contributed by atoms with E-state index in [2.05, 4.69) is 6.58 Å². The molecule has 1 saturated heterocycles. The van der Waals surface area contributed by atoms with E-state index in [1.54, 1.807) is 6.08 Å². The summed E-state index contributed by atoms with van der Waals surface area (Å²) in [6, 6.07) is 19.8. The summed E-state index contributed by atoms with van der Waals surface area (Å²) in [5.41, 5.74) is 2.05. The molecule has 4 heteroatoms. The van der Waals surface area contributed by atoms with Crippen LogP contribution in [-0.4, -0.2) is 6.16 Å². The highest BCUT2D eigenvalue weighted by Gasteiger charge is 2.39. The van der Waals surface area contributed by atoms with Gasteiger partial charge in [-0.25, -0.2) is 0 Å². The highest BCUT2D eigenvalue weighted by atomic mass is 31.2. The van der Waals surface area contributed by atoms with Gasteiger partial charge in [0, 0.05) is 6.42 Å². The number of rotatable bonds is 4. The maximum Gasteiger partial charge on any atom is 0.335 e. The second kappa shape index (κ2) is 6.62. The average molecular weight is 314 g/mol. The fourth-order valence-corrected chi connectivity index (χ4v) is 4.40. The molecule has 114 valence electrons. The van der Waals surface area contributed by atoms with Gasteiger partial charge in [0.15, 0.2) is 0 Å². The number of hydrogen-bond donors (Lipinski definition) is 0. The minimum atomic E-state index is -3.17. The summed E-state index contributed by atoms with van der Waals surface area (Å²) in [7, 11) is -3.17. The average Bonchev–Trinajstić information content (AvgIpc) is 2.56. The van der Waals surface area contributed by atoms with Crippen LogP contribution in [-0.2, 0) is 13.6 Å². The van der Waals surface area contributed by atoms with Crippen LogP contribution in [0.5, 0.6) is 0 Å². The van der Waals surface area contributed by atoms with E-state index in [0.717, 1.165) is 11.1 Å². The first-order valence-corrected chi connectivity index (χ1v) is 9.09. The zero-order valence-electron chi connectivity index (χ0n) is 12.3. The summed E-state index contributed by atoms with van der Waals surface area (Å²) in [5, 5.41) is 0. The summed E-state index contributed by atoms with van der Waals surface area (Å²) in [4.78, 5) is 0. The fraction of sp³-hybridized carbons (Fsp3) is 0.222. The van der Waals surface area contributed by atoms with Crippen LogP contribution in [0, 0.1) is 0 Å². The minimum Gasteiger partial charge on any atom is -0.300 e. The standard InChI is InChI=1S/C18H19O3P/c1-2-13-22(19)20-17(15-9-5-3-6-10-15)14-18(21-22)16-11-7-4-8-12-16/h2-12,17-18H,1,13-14H2/t17-,18+,22?. The third-order valence-electron chi connectivity index (χ3n) is 3.70. The van der Waals surface area contributed by atoms with Crippen molar-refractivity contribution in [2.75, 3.05) is 6.16 Å². The van der Waals surface area contributed by atoms with Crippen molar-refractivity contribution in [1.29, 1.82) is 0 Å². The first-order valence-electron chi connectivity index (χ1n) is 7.37. The van der Waals surface area contributed by atoms with Crippen LogP contribution in [0.2, 0.25) is 0 Å². The molecule has 0 aliphatic carbocycles. The van der Waals surface area contributed by atoms with Crippen LogP contribution in [0.15, 0.2) is 73.3 Å². The Morgan fingerprint density at radius 2 is 1.41 bits per heavy atom. The molecule has 0 N–H and O–H groups in total. The second-order valence-corrected chi connectivity index (χ2v) is 7.34. The largest absolute Gasteiger partial charge is 0.335 e. The van der Waals surface area contributed by atoms with Gasteiger partial charge in [-0.2, -0.15) is 0 Å². The topological polar surface area (TPSA) is 35.5 Å². The Balaban J connectivity index is 1.92. The zero-order valence-corrected chi connectivity index (χ0v) is 13.2. The van der Waals surface area contributed by atoms with E-state index in [9.17, 15) is 4.57 Å². The Morgan fingerprint density at radius 3 is 1.82 bits per heavy atom. The third kappa shape index (κ3) is 3.38. The molecule has 2 aromatic rings. The Hall–Kier alpha value is -1.67. The van der Waals surface area contributed by atoms with Crippen LogP contribution >= 0.6 is 7.60 Å². The lowest BCUT2D eigenvalue weighted by Gasteiger charge is -2.35. The van der Waals surface area contributed by atoms with Gasteiger partial charge < -0.3 is 9.05 Å². The van der Waals surface area contributed by atoms with Gasteiger partial charge in [-0.1, -0.05) is 66.7 Å². The zero-order chi connectivity index (χ0) is 15.4. The predicted molar refractivity (Wildman–Crippen MR) is 87.8 cm³/mol. The summed E-state index contributed by atoms with van der Waals surface area (Å²) < 4.78 is 24.5. The van der Waals surface area contributed by atoms with Crippen molar-refractivity contribution in [3.05, 3.63) is 84.4 Å². The number of allylic oxidation sites excluding steroid dienone is 1. The molecular weight excluding hydrogens is 295 g/mol. The molecule has 22 heavy (non-hydrogen) atoms. The monoisotopic (exact) mass is 314 g/mol. The first kappa shape index (κ1) is 15.2. The van der Waals surface area contributed by atoms with Crippen LogP contribution in [0.3, 0.4) is 0 Å². The van der Waals surface area contributed by atoms with Gasteiger partial charge >= 0.3 is 7.60 Å². The van der Waals surface area contributed by atoms with Crippen molar-refractivity contribution in [2.24, 2.45) is 0 Å².